The summed E-state index contributed by atoms with van der Waals surface area (Å²) in [5.41, 5.74) is 0. The van der Waals surface area contributed by atoms with Gasteiger partial charge in [-0.1, -0.05) is 26.8 Å². The molecule has 2 nitrogen and oxygen atoms in total. The molecule has 0 aromatic rings. The molecule has 0 aromatic heterocycles. The number of epoxide rings is 1. The van der Waals surface area contributed by atoms with Crippen LogP contribution in [-0.4, -0.2) is 26.6 Å². The van der Waals surface area contributed by atoms with Crippen molar-refractivity contribution in [1.29, 1.82) is 0 Å². The second-order valence-corrected chi connectivity index (χ2v) is 11.1. The zero-order chi connectivity index (χ0) is 12.6. The number of ether oxygens (including phenoxy) is 1. The van der Waals surface area contributed by atoms with Gasteiger partial charge in [0, 0.05) is 12.5 Å². The minimum Gasteiger partial charge on any atom is -0.414 e. The summed E-state index contributed by atoms with van der Waals surface area (Å²) < 4.78 is 11.7. The van der Waals surface area contributed by atoms with Crippen molar-refractivity contribution < 1.29 is 9.16 Å². The fourth-order valence-electron chi connectivity index (χ4n) is 1.61. The molecule has 3 atom stereocenters. The van der Waals surface area contributed by atoms with E-state index in [2.05, 4.69) is 47.4 Å². The van der Waals surface area contributed by atoms with Gasteiger partial charge >= 0.3 is 0 Å². The van der Waals surface area contributed by atoms with E-state index >= 15 is 0 Å². The Balaban J connectivity index is 2.39. The van der Waals surface area contributed by atoms with Gasteiger partial charge in [-0.2, -0.15) is 0 Å². The summed E-state index contributed by atoms with van der Waals surface area (Å²) in [4.78, 5) is 0. The molecule has 1 fully saturated rings. The van der Waals surface area contributed by atoms with Gasteiger partial charge in [0.1, 0.15) is 6.10 Å². The Labute approximate surface area is 101 Å². The molecule has 0 spiro atoms. The quantitative estimate of drug-likeness (QED) is 0.416. The van der Waals surface area contributed by atoms with E-state index in [-0.39, 0.29) is 17.2 Å². The molecule has 0 saturated carbocycles. The lowest BCUT2D eigenvalue weighted by atomic mass is 10.2. The predicted octanol–water partition coefficient (Wildman–Crippen LogP) is 3.74. The first kappa shape index (κ1) is 13.9. The smallest absolute Gasteiger partial charge is 0.192 e. The molecule has 1 aliphatic rings. The first-order valence-electron chi connectivity index (χ1n) is 6.13. The fraction of sp³-hybridized carbons (Fsp3) is 0.846. The first-order chi connectivity index (χ1) is 7.17. The number of rotatable bonds is 5. The normalized spacial score (nSPS) is 27.6. The molecule has 0 aliphatic carbocycles. The summed E-state index contributed by atoms with van der Waals surface area (Å²) in [6.45, 7) is 17.3. The number of hydrogen-bond acceptors (Lipinski definition) is 2. The van der Waals surface area contributed by atoms with E-state index in [9.17, 15) is 0 Å². The van der Waals surface area contributed by atoms with Crippen LogP contribution in [0, 0.1) is 0 Å². The van der Waals surface area contributed by atoms with Gasteiger partial charge in [0.05, 0.1) is 6.10 Å². The Morgan fingerprint density at radius 3 is 2.38 bits per heavy atom. The zero-order valence-electron chi connectivity index (χ0n) is 11.5. The van der Waals surface area contributed by atoms with Gasteiger partial charge in [0.15, 0.2) is 8.32 Å². The Kier molecular flexibility index (Phi) is 4.03. The van der Waals surface area contributed by atoms with Crippen LogP contribution in [0.3, 0.4) is 0 Å². The van der Waals surface area contributed by atoms with Crippen molar-refractivity contribution in [2.75, 3.05) is 0 Å². The summed E-state index contributed by atoms with van der Waals surface area (Å²) in [6, 6.07) is 0. The molecular weight excluding hydrogens is 216 g/mol. The fourth-order valence-corrected chi connectivity index (χ4v) is 3.06. The lowest BCUT2D eigenvalue weighted by Gasteiger charge is -2.38. The van der Waals surface area contributed by atoms with Crippen LogP contribution in [0.15, 0.2) is 12.7 Å². The largest absolute Gasteiger partial charge is 0.414 e. The summed E-state index contributed by atoms with van der Waals surface area (Å²) >= 11 is 0. The third-order valence-corrected chi connectivity index (χ3v) is 8.32. The van der Waals surface area contributed by atoms with Crippen LogP contribution in [0.2, 0.25) is 18.1 Å². The molecule has 1 saturated heterocycles. The van der Waals surface area contributed by atoms with Crippen molar-refractivity contribution in [3.05, 3.63) is 12.7 Å². The second kappa shape index (κ2) is 4.63. The van der Waals surface area contributed by atoms with Gasteiger partial charge < -0.3 is 9.16 Å². The Morgan fingerprint density at radius 2 is 2.00 bits per heavy atom. The molecule has 1 heterocycles. The van der Waals surface area contributed by atoms with E-state index in [1.54, 1.807) is 0 Å². The van der Waals surface area contributed by atoms with Crippen molar-refractivity contribution in [2.24, 2.45) is 0 Å². The predicted molar refractivity (Wildman–Crippen MR) is 71.2 cm³/mol. The Bertz CT molecular complexity index is 255. The minimum absolute atomic E-state index is 0.269. The van der Waals surface area contributed by atoms with Crippen LogP contribution in [0.25, 0.3) is 0 Å². The highest BCUT2D eigenvalue weighted by Crippen LogP contribution is 2.38. The molecule has 0 amide bonds. The molecule has 0 N–H and O–H groups in total. The maximum Gasteiger partial charge on any atom is 0.192 e. The highest BCUT2D eigenvalue weighted by molar-refractivity contribution is 6.74. The molecule has 0 unspecified atom stereocenters. The highest BCUT2D eigenvalue weighted by Gasteiger charge is 2.41. The SMILES string of the molecule is C=C[C@@H]1O[C@H]1C[C@@H](C)O[Si](C)(C)C(C)(C)C. The summed E-state index contributed by atoms with van der Waals surface area (Å²) in [5, 5.41) is 0.281. The van der Waals surface area contributed by atoms with Crippen molar-refractivity contribution in [3.8, 4) is 0 Å². The molecular formula is C13H26O2Si. The van der Waals surface area contributed by atoms with E-state index in [0.29, 0.717) is 6.10 Å². The van der Waals surface area contributed by atoms with Gasteiger partial charge in [-0.15, -0.1) is 6.58 Å². The average Bonchev–Trinajstić information content (AvgIpc) is 2.79. The van der Waals surface area contributed by atoms with Gasteiger partial charge in [0.25, 0.3) is 0 Å². The van der Waals surface area contributed by atoms with E-state index in [4.69, 9.17) is 9.16 Å². The Hall–Kier alpha value is -0.123. The van der Waals surface area contributed by atoms with Gasteiger partial charge in [0.2, 0.25) is 0 Å². The van der Waals surface area contributed by atoms with Crippen LogP contribution >= 0.6 is 0 Å². The highest BCUT2D eigenvalue weighted by atomic mass is 28.4. The van der Waals surface area contributed by atoms with Gasteiger partial charge in [-0.05, 0) is 25.1 Å². The minimum atomic E-state index is -1.62. The van der Waals surface area contributed by atoms with Gasteiger partial charge in [-0.25, -0.2) is 0 Å². The first-order valence-corrected chi connectivity index (χ1v) is 9.04. The van der Waals surface area contributed by atoms with Crippen molar-refractivity contribution in [3.63, 3.8) is 0 Å². The Morgan fingerprint density at radius 1 is 1.44 bits per heavy atom. The molecule has 0 aromatic carbocycles. The van der Waals surface area contributed by atoms with E-state index in [0.717, 1.165) is 6.42 Å². The van der Waals surface area contributed by atoms with Crippen LogP contribution in [0.4, 0.5) is 0 Å². The monoisotopic (exact) mass is 242 g/mol. The van der Waals surface area contributed by atoms with Gasteiger partial charge in [-0.3, -0.25) is 0 Å². The van der Waals surface area contributed by atoms with Crippen molar-refractivity contribution in [2.45, 2.75) is 70.6 Å². The second-order valence-electron chi connectivity index (χ2n) is 6.30. The van der Waals surface area contributed by atoms with Crippen molar-refractivity contribution >= 4 is 8.32 Å². The van der Waals surface area contributed by atoms with Crippen LogP contribution in [0.5, 0.6) is 0 Å². The van der Waals surface area contributed by atoms with E-state index in [1.165, 1.54) is 0 Å². The molecule has 16 heavy (non-hydrogen) atoms. The summed E-state index contributed by atoms with van der Waals surface area (Å²) in [7, 11) is -1.62. The van der Waals surface area contributed by atoms with Crippen molar-refractivity contribution in [1.82, 2.24) is 0 Å². The van der Waals surface area contributed by atoms with Crippen LogP contribution < -0.4 is 0 Å². The third-order valence-electron chi connectivity index (χ3n) is 3.72. The number of hydrogen-bond donors (Lipinski definition) is 0. The van der Waals surface area contributed by atoms with E-state index < -0.39 is 8.32 Å². The summed E-state index contributed by atoms with van der Waals surface area (Å²) in [5.74, 6) is 0. The molecule has 3 heteroatoms. The molecule has 1 aliphatic heterocycles. The zero-order valence-corrected chi connectivity index (χ0v) is 12.5. The topological polar surface area (TPSA) is 21.8 Å². The molecule has 1 rings (SSSR count). The maximum absolute atomic E-state index is 6.27. The van der Waals surface area contributed by atoms with Crippen LogP contribution in [-0.2, 0) is 9.16 Å². The van der Waals surface area contributed by atoms with Crippen LogP contribution in [0.1, 0.15) is 34.1 Å². The third kappa shape index (κ3) is 3.44. The molecule has 0 radical (unpaired) electrons. The lowest BCUT2D eigenvalue weighted by molar-refractivity contribution is 0.175. The molecule has 0 bridgehead atoms. The van der Waals surface area contributed by atoms with E-state index in [1.807, 2.05) is 6.08 Å². The molecule has 94 valence electrons. The average molecular weight is 242 g/mol. The maximum atomic E-state index is 6.27. The summed E-state index contributed by atoms with van der Waals surface area (Å²) in [6.07, 6.45) is 3.77. The standard InChI is InChI=1S/C13H26O2Si/c1-8-11-12(14-11)9-10(2)15-16(6,7)13(3,4)5/h8,10-12H,1,9H2,2-7H3/t10-,11+,12+/m1/s1. The lowest BCUT2D eigenvalue weighted by Crippen LogP contribution is -2.43.